The maximum absolute atomic E-state index is 12.4. The molecule has 0 aliphatic heterocycles. The van der Waals surface area contributed by atoms with E-state index in [0.29, 0.717) is 10.0 Å². The van der Waals surface area contributed by atoms with Gasteiger partial charge in [-0.2, -0.15) is 0 Å². The van der Waals surface area contributed by atoms with E-state index in [1.54, 1.807) is 11.8 Å². The second kappa shape index (κ2) is 8.62. The first-order valence-corrected chi connectivity index (χ1v) is 9.21. The molecule has 0 bridgehead atoms. The summed E-state index contributed by atoms with van der Waals surface area (Å²) in [6.07, 6.45) is 1.83. The Bertz CT molecular complexity index is 794. The van der Waals surface area contributed by atoms with Crippen molar-refractivity contribution in [3.63, 3.8) is 0 Å². The molecule has 0 heterocycles. The highest BCUT2D eigenvalue weighted by Crippen LogP contribution is 2.44. The highest BCUT2D eigenvalue weighted by molar-refractivity contribution is 6.42. The van der Waals surface area contributed by atoms with Crippen molar-refractivity contribution in [3.8, 4) is 0 Å². The Labute approximate surface area is 170 Å². The fourth-order valence-electron chi connectivity index (χ4n) is 3.72. The molecule has 0 unspecified atom stereocenters. The van der Waals surface area contributed by atoms with E-state index >= 15 is 0 Å². The maximum atomic E-state index is 12.4. The van der Waals surface area contributed by atoms with Crippen LogP contribution in [0.2, 0.25) is 10.0 Å². The second-order valence-corrected chi connectivity index (χ2v) is 7.50. The van der Waals surface area contributed by atoms with Crippen molar-refractivity contribution in [2.24, 2.45) is 5.73 Å². The van der Waals surface area contributed by atoms with Gasteiger partial charge in [0.05, 0.1) is 22.1 Å². The zero-order valence-corrected chi connectivity index (χ0v) is 17.1. The number of nitrogens with two attached hydrogens (primary N) is 1. The number of nitrogens with zero attached hydrogens (tertiary/aromatic N) is 1. The lowest BCUT2D eigenvalue weighted by Gasteiger charge is -2.37. The first-order chi connectivity index (χ1) is 11.9. The molecule has 2 aromatic rings. The van der Waals surface area contributed by atoms with Crippen LogP contribution in [0.25, 0.3) is 0 Å². The van der Waals surface area contributed by atoms with Gasteiger partial charge in [-0.3, -0.25) is 4.79 Å². The van der Waals surface area contributed by atoms with Crippen LogP contribution < -0.4 is 5.73 Å². The zero-order valence-electron chi connectivity index (χ0n) is 14.8. The van der Waals surface area contributed by atoms with E-state index in [4.69, 9.17) is 28.9 Å². The van der Waals surface area contributed by atoms with Gasteiger partial charge in [-0.1, -0.05) is 53.5 Å². The van der Waals surface area contributed by atoms with Gasteiger partial charge in [-0.25, -0.2) is 0 Å². The SMILES string of the molecule is C[C@H](N)C(=O)N(C)[C@H]1CC[C@H](c2ccc(Cl)c(Cl)c2)c2ccccc21.Cl. The molecule has 0 radical (unpaired) electrons. The summed E-state index contributed by atoms with van der Waals surface area (Å²) in [4.78, 5) is 14.1. The van der Waals surface area contributed by atoms with Crippen LogP contribution in [0.4, 0.5) is 0 Å². The zero-order chi connectivity index (χ0) is 18.1. The smallest absolute Gasteiger partial charge is 0.239 e. The van der Waals surface area contributed by atoms with Crippen LogP contribution in [0, 0.1) is 0 Å². The Morgan fingerprint density at radius 3 is 2.38 bits per heavy atom. The lowest BCUT2D eigenvalue weighted by molar-refractivity contribution is -0.133. The van der Waals surface area contributed by atoms with E-state index in [1.165, 1.54) is 11.1 Å². The average molecular weight is 414 g/mol. The third-order valence-electron chi connectivity index (χ3n) is 5.01. The summed E-state index contributed by atoms with van der Waals surface area (Å²) in [7, 11) is 1.84. The number of carbonyl (C=O) groups is 1. The Morgan fingerprint density at radius 2 is 1.77 bits per heavy atom. The first-order valence-electron chi connectivity index (χ1n) is 8.46. The fourth-order valence-corrected chi connectivity index (χ4v) is 4.03. The van der Waals surface area contributed by atoms with Crippen LogP contribution in [0.1, 0.15) is 48.4 Å². The molecular formula is C20H23Cl3N2O. The summed E-state index contributed by atoms with van der Waals surface area (Å²) in [6.45, 7) is 1.73. The summed E-state index contributed by atoms with van der Waals surface area (Å²) >= 11 is 12.3. The predicted molar refractivity (Wildman–Crippen MR) is 110 cm³/mol. The molecule has 2 aromatic carbocycles. The summed E-state index contributed by atoms with van der Waals surface area (Å²) in [5.41, 5.74) is 9.37. The minimum absolute atomic E-state index is 0. The van der Waals surface area contributed by atoms with E-state index < -0.39 is 6.04 Å². The van der Waals surface area contributed by atoms with Crippen LogP contribution in [-0.4, -0.2) is 23.9 Å². The van der Waals surface area contributed by atoms with E-state index in [-0.39, 0.29) is 30.3 Å². The molecule has 26 heavy (non-hydrogen) atoms. The standard InChI is InChI=1S/C20H22Cl2N2O.ClH/c1-12(23)20(25)24(2)19-10-8-14(15-5-3-4-6-16(15)19)13-7-9-17(21)18(22)11-13;/h3-7,9,11-12,14,19H,8,10,23H2,1-2H3;1H/t12-,14+,19-;/m0./s1. The molecule has 0 spiro atoms. The summed E-state index contributed by atoms with van der Waals surface area (Å²) in [5, 5.41) is 1.14. The van der Waals surface area contributed by atoms with Gasteiger partial charge in [0, 0.05) is 13.0 Å². The number of hydrogen-bond donors (Lipinski definition) is 1. The van der Waals surface area contributed by atoms with Crippen molar-refractivity contribution in [2.45, 2.75) is 37.8 Å². The normalized spacial score (nSPS) is 19.9. The molecule has 0 aromatic heterocycles. The van der Waals surface area contributed by atoms with Gasteiger partial charge in [-0.05, 0) is 48.6 Å². The van der Waals surface area contributed by atoms with Crippen molar-refractivity contribution in [2.75, 3.05) is 7.05 Å². The number of carbonyl (C=O) groups excluding carboxylic acids is 1. The van der Waals surface area contributed by atoms with Crippen molar-refractivity contribution in [3.05, 3.63) is 69.2 Å². The lowest BCUT2D eigenvalue weighted by Crippen LogP contribution is -2.42. The molecule has 0 saturated heterocycles. The Morgan fingerprint density at radius 1 is 1.12 bits per heavy atom. The molecule has 1 aliphatic rings. The van der Waals surface area contributed by atoms with E-state index in [2.05, 4.69) is 12.1 Å². The number of benzene rings is 2. The average Bonchev–Trinajstić information content (AvgIpc) is 2.62. The highest BCUT2D eigenvalue weighted by atomic mass is 35.5. The van der Waals surface area contributed by atoms with Crippen molar-refractivity contribution in [1.29, 1.82) is 0 Å². The molecule has 1 amide bonds. The third-order valence-corrected chi connectivity index (χ3v) is 5.75. The molecule has 3 rings (SSSR count). The lowest BCUT2D eigenvalue weighted by atomic mass is 9.76. The van der Waals surface area contributed by atoms with E-state index in [0.717, 1.165) is 18.4 Å². The van der Waals surface area contributed by atoms with Crippen molar-refractivity contribution >= 4 is 41.5 Å². The van der Waals surface area contributed by atoms with Crippen LogP contribution in [0.15, 0.2) is 42.5 Å². The number of rotatable bonds is 3. The maximum Gasteiger partial charge on any atom is 0.239 e. The van der Waals surface area contributed by atoms with Crippen LogP contribution in [-0.2, 0) is 4.79 Å². The Balaban J connectivity index is 0.00000243. The number of amides is 1. The van der Waals surface area contributed by atoms with Crippen LogP contribution in [0.5, 0.6) is 0 Å². The topological polar surface area (TPSA) is 46.3 Å². The van der Waals surface area contributed by atoms with Gasteiger partial charge in [0.15, 0.2) is 0 Å². The van der Waals surface area contributed by atoms with Gasteiger partial charge in [0.2, 0.25) is 5.91 Å². The van der Waals surface area contributed by atoms with Gasteiger partial charge < -0.3 is 10.6 Å². The number of halogens is 3. The highest BCUT2D eigenvalue weighted by Gasteiger charge is 2.32. The molecule has 3 atom stereocenters. The minimum Gasteiger partial charge on any atom is -0.337 e. The molecule has 3 nitrogen and oxygen atoms in total. The third kappa shape index (κ3) is 4.01. The quantitative estimate of drug-likeness (QED) is 0.753. The monoisotopic (exact) mass is 412 g/mol. The first kappa shape index (κ1) is 21.0. The van der Waals surface area contributed by atoms with E-state index in [9.17, 15) is 4.79 Å². The number of likely N-dealkylation sites (N-methyl/N-ethyl adjacent to an activating group) is 1. The molecule has 0 saturated carbocycles. The second-order valence-electron chi connectivity index (χ2n) is 6.69. The van der Waals surface area contributed by atoms with Gasteiger partial charge in [0.1, 0.15) is 0 Å². The fraction of sp³-hybridized carbons (Fsp3) is 0.350. The van der Waals surface area contributed by atoms with Gasteiger partial charge in [0.25, 0.3) is 0 Å². The predicted octanol–water partition coefficient (Wildman–Crippen LogP) is 5.19. The summed E-state index contributed by atoms with van der Waals surface area (Å²) in [6, 6.07) is 13.7. The number of hydrogen-bond acceptors (Lipinski definition) is 2. The van der Waals surface area contributed by atoms with Crippen LogP contribution in [0.3, 0.4) is 0 Å². The van der Waals surface area contributed by atoms with E-state index in [1.807, 2.05) is 37.4 Å². The molecule has 140 valence electrons. The molecule has 6 heteroatoms. The van der Waals surface area contributed by atoms with Crippen LogP contribution >= 0.6 is 35.6 Å². The summed E-state index contributed by atoms with van der Waals surface area (Å²) < 4.78 is 0. The minimum atomic E-state index is -0.495. The summed E-state index contributed by atoms with van der Waals surface area (Å²) in [5.74, 6) is 0.216. The number of fused-ring (bicyclic) bond motifs is 1. The Hall–Kier alpha value is -1.26. The molecular weight excluding hydrogens is 391 g/mol. The molecule has 0 fully saturated rings. The van der Waals surface area contributed by atoms with Gasteiger partial charge >= 0.3 is 0 Å². The largest absolute Gasteiger partial charge is 0.337 e. The van der Waals surface area contributed by atoms with Gasteiger partial charge in [-0.15, -0.1) is 12.4 Å². The molecule has 2 N–H and O–H groups in total. The molecule has 1 aliphatic carbocycles. The Kier molecular flexibility index (Phi) is 6.98. The van der Waals surface area contributed by atoms with Crippen molar-refractivity contribution in [1.82, 2.24) is 4.90 Å². The van der Waals surface area contributed by atoms with Crippen molar-refractivity contribution < 1.29 is 4.79 Å².